The summed E-state index contributed by atoms with van der Waals surface area (Å²) in [6.07, 6.45) is 3.11. The van der Waals surface area contributed by atoms with Crippen LogP contribution in [0.5, 0.6) is 0 Å². The zero-order valence-corrected chi connectivity index (χ0v) is 10.9. The molecule has 1 N–H and O–H groups in total. The number of rotatable bonds is 6. The topological polar surface area (TPSA) is 84.4 Å². The first-order valence-corrected chi connectivity index (χ1v) is 5.91. The zero-order valence-electron chi connectivity index (χ0n) is 10.9. The van der Waals surface area contributed by atoms with Crippen LogP contribution in [0.1, 0.15) is 21.8 Å². The van der Waals surface area contributed by atoms with Gasteiger partial charge in [-0.2, -0.15) is 0 Å². The first kappa shape index (κ1) is 13.3. The summed E-state index contributed by atoms with van der Waals surface area (Å²) in [6, 6.07) is 1.95. The molecule has 0 aliphatic rings. The summed E-state index contributed by atoms with van der Waals surface area (Å²) >= 11 is 0. The monoisotopic (exact) mass is 264 g/mol. The summed E-state index contributed by atoms with van der Waals surface area (Å²) in [5.41, 5.74) is 1.11. The van der Waals surface area contributed by atoms with Crippen molar-refractivity contribution < 1.29 is 14.3 Å². The second-order valence-electron chi connectivity index (χ2n) is 4.41. The van der Waals surface area contributed by atoms with E-state index in [4.69, 9.17) is 9.52 Å². The van der Waals surface area contributed by atoms with E-state index in [0.29, 0.717) is 6.54 Å². The molecule has 0 bridgehead atoms. The van der Waals surface area contributed by atoms with Gasteiger partial charge in [0.05, 0.1) is 19.0 Å². The zero-order chi connectivity index (χ0) is 13.8. The van der Waals surface area contributed by atoms with E-state index in [0.717, 1.165) is 24.4 Å². The Labute approximate surface area is 110 Å². The van der Waals surface area contributed by atoms with Gasteiger partial charge in [-0.25, -0.2) is 4.79 Å². The van der Waals surface area contributed by atoms with Crippen LogP contribution < -0.4 is 0 Å². The minimum atomic E-state index is -1.06. The number of aromatic nitrogens is 3. The number of nitrogens with zero attached hydrogens (tertiary/aromatic N) is 4. The van der Waals surface area contributed by atoms with Gasteiger partial charge in [0.1, 0.15) is 5.76 Å². The SMILES string of the molecule is Cc1occc1CN(C)CCn1cc(C(=O)O)nn1. The van der Waals surface area contributed by atoms with E-state index in [-0.39, 0.29) is 5.69 Å². The molecule has 7 nitrogen and oxygen atoms in total. The molecule has 2 heterocycles. The molecule has 0 radical (unpaired) electrons. The van der Waals surface area contributed by atoms with Crippen molar-refractivity contribution in [1.29, 1.82) is 0 Å². The van der Waals surface area contributed by atoms with E-state index in [1.54, 1.807) is 6.26 Å². The maximum absolute atomic E-state index is 10.7. The summed E-state index contributed by atoms with van der Waals surface area (Å²) in [4.78, 5) is 12.8. The highest BCUT2D eigenvalue weighted by Gasteiger charge is 2.09. The number of aromatic carboxylic acids is 1. The van der Waals surface area contributed by atoms with Crippen LogP contribution in [-0.2, 0) is 13.1 Å². The molecule has 2 aromatic rings. The summed E-state index contributed by atoms with van der Waals surface area (Å²) < 4.78 is 6.77. The van der Waals surface area contributed by atoms with Crippen molar-refractivity contribution in [3.05, 3.63) is 35.5 Å². The Bertz CT molecular complexity index is 561. The van der Waals surface area contributed by atoms with Crippen LogP contribution >= 0.6 is 0 Å². The molecule has 0 aliphatic carbocycles. The third kappa shape index (κ3) is 3.41. The number of furan rings is 1. The van der Waals surface area contributed by atoms with Crippen molar-refractivity contribution in [3.63, 3.8) is 0 Å². The highest BCUT2D eigenvalue weighted by atomic mass is 16.4. The van der Waals surface area contributed by atoms with Crippen LogP contribution in [0.3, 0.4) is 0 Å². The van der Waals surface area contributed by atoms with Crippen LogP contribution in [0.4, 0.5) is 0 Å². The predicted molar refractivity (Wildman–Crippen MR) is 66.8 cm³/mol. The molecule has 7 heteroatoms. The normalized spacial score (nSPS) is 11.1. The van der Waals surface area contributed by atoms with Crippen LogP contribution in [0.2, 0.25) is 0 Å². The minimum absolute atomic E-state index is 0.0340. The molecule has 0 aliphatic heterocycles. The summed E-state index contributed by atoms with van der Waals surface area (Å²) in [5, 5.41) is 16.1. The third-order valence-electron chi connectivity index (χ3n) is 2.88. The fourth-order valence-corrected chi connectivity index (χ4v) is 1.72. The van der Waals surface area contributed by atoms with Gasteiger partial charge >= 0.3 is 5.97 Å². The van der Waals surface area contributed by atoms with E-state index in [1.165, 1.54) is 10.9 Å². The molecule has 2 rings (SSSR count). The van der Waals surface area contributed by atoms with Gasteiger partial charge < -0.3 is 14.4 Å². The molecule has 0 unspecified atom stereocenters. The molecule has 0 spiro atoms. The quantitative estimate of drug-likeness (QED) is 0.838. The number of carboxylic acids is 1. The van der Waals surface area contributed by atoms with Gasteiger partial charge in [0, 0.05) is 18.7 Å². The van der Waals surface area contributed by atoms with E-state index >= 15 is 0 Å². The van der Waals surface area contributed by atoms with Gasteiger partial charge in [-0.05, 0) is 20.0 Å². The number of hydrogen-bond acceptors (Lipinski definition) is 5. The predicted octanol–water partition coefficient (Wildman–Crippen LogP) is 1.01. The Morgan fingerprint density at radius 2 is 2.37 bits per heavy atom. The van der Waals surface area contributed by atoms with Gasteiger partial charge in [0.2, 0.25) is 0 Å². The van der Waals surface area contributed by atoms with Gasteiger partial charge in [0.15, 0.2) is 5.69 Å². The Morgan fingerprint density at radius 1 is 1.58 bits per heavy atom. The lowest BCUT2D eigenvalue weighted by molar-refractivity contribution is 0.0690. The van der Waals surface area contributed by atoms with Crippen molar-refractivity contribution in [2.45, 2.75) is 20.0 Å². The largest absolute Gasteiger partial charge is 0.476 e. The number of hydrogen-bond donors (Lipinski definition) is 1. The van der Waals surface area contributed by atoms with Crippen LogP contribution in [0.15, 0.2) is 22.9 Å². The van der Waals surface area contributed by atoms with Gasteiger partial charge in [-0.15, -0.1) is 5.10 Å². The van der Waals surface area contributed by atoms with E-state index < -0.39 is 5.97 Å². The standard InChI is InChI=1S/C12H16N4O3/c1-9-10(3-6-19-9)7-15(2)4-5-16-8-11(12(17)18)13-14-16/h3,6,8H,4-5,7H2,1-2H3,(H,17,18). The average Bonchev–Trinajstić information content (AvgIpc) is 2.97. The molecule has 19 heavy (non-hydrogen) atoms. The minimum Gasteiger partial charge on any atom is -0.476 e. The maximum Gasteiger partial charge on any atom is 0.358 e. The molecule has 0 atom stereocenters. The van der Waals surface area contributed by atoms with Crippen molar-refractivity contribution in [1.82, 2.24) is 19.9 Å². The van der Waals surface area contributed by atoms with E-state index in [1.807, 2.05) is 20.0 Å². The highest BCUT2D eigenvalue weighted by Crippen LogP contribution is 2.10. The molecule has 102 valence electrons. The second kappa shape index (κ2) is 5.66. The number of carbonyl (C=O) groups is 1. The second-order valence-corrected chi connectivity index (χ2v) is 4.41. The lowest BCUT2D eigenvalue weighted by Crippen LogP contribution is -2.23. The number of carboxylic acid groups (broad SMARTS) is 1. The third-order valence-corrected chi connectivity index (χ3v) is 2.88. The Kier molecular flexibility index (Phi) is 3.96. The molecular weight excluding hydrogens is 248 g/mol. The number of aryl methyl sites for hydroxylation is 1. The summed E-state index contributed by atoms with van der Waals surface area (Å²) in [7, 11) is 1.99. The average molecular weight is 264 g/mol. The molecule has 2 aromatic heterocycles. The molecule has 0 aromatic carbocycles. The summed E-state index contributed by atoms with van der Waals surface area (Å²) in [6.45, 7) is 4.04. The van der Waals surface area contributed by atoms with Gasteiger partial charge in [-0.1, -0.05) is 5.21 Å². The lowest BCUT2D eigenvalue weighted by atomic mass is 10.2. The first-order valence-electron chi connectivity index (χ1n) is 5.91. The van der Waals surface area contributed by atoms with E-state index in [9.17, 15) is 4.79 Å². The van der Waals surface area contributed by atoms with Crippen molar-refractivity contribution >= 4 is 5.97 Å². The van der Waals surface area contributed by atoms with Crippen LogP contribution in [0.25, 0.3) is 0 Å². The number of likely N-dealkylation sites (N-methyl/N-ethyl adjacent to an activating group) is 1. The van der Waals surface area contributed by atoms with Crippen LogP contribution in [0, 0.1) is 6.92 Å². The fourth-order valence-electron chi connectivity index (χ4n) is 1.72. The molecule has 0 amide bonds. The molecular formula is C12H16N4O3. The van der Waals surface area contributed by atoms with Crippen molar-refractivity contribution in [2.24, 2.45) is 0 Å². The fraction of sp³-hybridized carbons (Fsp3) is 0.417. The summed E-state index contributed by atoms with van der Waals surface area (Å²) in [5.74, 6) is -0.144. The molecule has 0 saturated carbocycles. The van der Waals surface area contributed by atoms with E-state index in [2.05, 4.69) is 15.2 Å². The maximum atomic E-state index is 10.7. The van der Waals surface area contributed by atoms with Crippen molar-refractivity contribution in [2.75, 3.05) is 13.6 Å². The Morgan fingerprint density at radius 3 is 2.95 bits per heavy atom. The van der Waals surface area contributed by atoms with Gasteiger partial charge in [-0.3, -0.25) is 4.68 Å². The molecule has 0 fully saturated rings. The Hall–Kier alpha value is -2.15. The lowest BCUT2D eigenvalue weighted by Gasteiger charge is -2.15. The Balaban J connectivity index is 1.84. The van der Waals surface area contributed by atoms with Crippen molar-refractivity contribution in [3.8, 4) is 0 Å². The highest BCUT2D eigenvalue weighted by molar-refractivity contribution is 5.84. The first-order chi connectivity index (χ1) is 9.06. The molecule has 0 saturated heterocycles. The van der Waals surface area contributed by atoms with Gasteiger partial charge in [0.25, 0.3) is 0 Å². The smallest absolute Gasteiger partial charge is 0.358 e. The van der Waals surface area contributed by atoms with Crippen LogP contribution in [-0.4, -0.2) is 44.6 Å².